The van der Waals surface area contributed by atoms with Crippen LogP contribution in [0.25, 0.3) is 0 Å². The molecule has 112 valence electrons. The normalized spacial score (nSPS) is 13.2. The summed E-state index contributed by atoms with van der Waals surface area (Å²) in [6.07, 6.45) is -3.60. The number of benzene rings is 2. The lowest BCUT2D eigenvalue weighted by atomic mass is 9.93. The Hall–Kier alpha value is -1.85. The van der Waals surface area contributed by atoms with Crippen LogP contribution in [0.15, 0.2) is 48.5 Å². The molecule has 21 heavy (non-hydrogen) atoms. The standard InChI is InChI=1S/C16H17F3N2/c1-2-11-6-5-7-12(10-11)15(21-20)13-8-3-4-9-14(13)16(17,18)19/h3-10,15,21H,2,20H2,1H3. The fourth-order valence-corrected chi connectivity index (χ4v) is 2.37. The predicted octanol–water partition coefficient (Wildman–Crippen LogP) is 3.82. The van der Waals surface area contributed by atoms with Gasteiger partial charge < -0.3 is 0 Å². The fourth-order valence-electron chi connectivity index (χ4n) is 2.37. The summed E-state index contributed by atoms with van der Waals surface area (Å²) in [4.78, 5) is 0. The zero-order valence-corrected chi connectivity index (χ0v) is 11.6. The minimum absolute atomic E-state index is 0.126. The van der Waals surface area contributed by atoms with Crippen LogP contribution in [0.1, 0.15) is 35.2 Å². The van der Waals surface area contributed by atoms with Crippen molar-refractivity contribution in [3.8, 4) is 0 Å². The summed E-state index contributed by atoms with van der Waals surface area (Å²) in [7, 11) is 0. The van der Waals surface area contributed by atoms with Crippen LogP contribution in [-0.4, -0.2) is 0 Å². The van der Waals surface area contributed by atoms with Gasteiger partial charge in [-0.15, -0.1) is 0 Å². The molecule has 0 bridgehead atoms. The van der Waals surface area contributed by atoms with Crippen LogP contribution in [0, 0.1) is 0 Å². The number of rotatable bonds is 4. The van der Waals surface area contributed by atoms with Gasteiger partial charge in [-0.1, -0.05) is 49.4 Å². The molecule has 5 heteroatoms. The number of nitrogens with one attached hydrogen (secondary N) is 1. The van der Waals surface area contributed by atoms with Crippen molar-refractivity contribution < 1.29 is 13.2 Å². The summed E-state index contributed by atoms with van der Waals surface area (Å²) < 4.78 is 39.4. The molecule has 2 rings (SSSR count). The molecule has 0 amide bonds. The lowest BCUT2D eigenvalue weighted by Crippen LogP contribution is -2.30. The maximum atomic E-state index is 13.1. The van der Waals surface area contributed by atoms with Gasteiger partial charge in [-0.05, 0) is 29.2 Å². The van der Waals surface area contributed by atoms with Gasteiger partial charge in [-0.2, -0.15) is 13.2 Å². The van der Waals surface area contributed by atoms with Crippen LogP contribution in [-0.2, 0) is 12.6 Å². The van der Waals surface area contributed by atoms with E-state index < -0.39 is 17.8 Å². The first-order valence-electron chi connectivity index (χ1n) is 6.68. The molecule has 2 aromatic carbocycles. The van der Waals surface area contributed by atoms with Crippen molar-refractivity contribution in [1.29, 1.82) is 0 Å². The second kappa shape index (κ2) is 6.28. The maximum absolute atomic E-state index is 13.1. The van der Waals surface area contributed by atoms with Crippen molar-refractivity contribution in [2.45, 2.75) is 25.6 Å². The lowest BCUT2D eigenvalue weighted by molar-refractivity contribution is -0.138. The third-order valence-corrected chi connectivity index (χ3v) is 3.44. The van der Waals surface area contributed by atoms with Crippen LogP contribution in [0.5, 0.6) is 0 Å². The van der Waals surface area contributed by atoms with Crippen LogP contribution in [0.3, 0.4) is 0 Å². The number of aryl methyl sites for hydroxylation is 1. The van der Waals surface area contributed by atoms with Crippen molar-refractivity contribution in [1.82, 2.24) is 5.43 Å². The Bertz CT molecular complexity index is 608. The number of hydrazine groups is 1. The van der Waals surface area contributed by atoms with Gasteiger partial charge in [0.25, 0.3) is 0 Å². The molecule has 0 aliphatic carbocycles. The Morgan fingerprint density at radius 2 is 1.81 bits per heavy atom. The van der Waals surface area contributed by atoms with Gasteiger partial charge >= 0.3 is 6.18 Å². The molecule has 1 atom stereocenters. The molecule has 0 heterocycles. The van der Waals surface area contributed by atoms with Crippen LogP contribution < -0.4 is 11.3 Å². The van der Waals surface area contributed by atoms with Gasteiger partial charge in [0.05, 0.1) is 11.6 Å². The summed E-state index contributed by atoms with van der Waals surface area (Å²) >= 11 is 0. The van der Waals surface area contributed by atoms with E-state index in [2.05, 4.69) is 5.43 Å². The average Bonchev–Trinajstić information content (AvgIpc) is 2.48. The zero-order chi connectivity index (χ0) is 15.5. The smallest absolute Gasteiger partial charge is 0.271 e. The minimum atomic E-state index is -4.41. The van der Waals surface area contributed by atoms with E-state index >= 15 is 0 Å². The number of nitrogens with two attached hydrogens (primary N) is 1. The SMILES string of the molecule is CCc1cccc(C(NN)c2ccccc2C(F)(F)F)c1. The highest BCUT2D eigenvalue weighted by molar-refractivity contribution is 5.40. The van der Waals surface area contributed by atoms with Crippen molar-refractivity contribution in [3.63, 3.8) is 0 Å². The summed E-state index contributed by atoms with van der Waals surface area (Å²) in [6, 6.07) is 12.2. The second-order valence-electron chi connectivity index (χ2n) is 4.78. The maximum Gasteiger partial charge on any atom is 0.416 e. The molecular formula is C16H17F3N2. The Labute approximate surface area is 121 Å². The number of halogens is 3. The van der Waals surface area contributed by atoms with Crippen molar-refractivity contribution in [2.75, 3.05) is 0 Å². The molecule has 0 fully saturated rings. The zero-order valence-electron chi connectivity index (χ0n) is 11.6. The van der Waals surface area contributed by atoms with Crippen LogP contribution in [0.2, 0.25) is 0 Å². The topological polar surface area (TPSA) is 38.0 Å². The average molecular weight is 294 g/mol. The van der Waals surface area contributed by atoms with E-state index in [1.807, 2.05) is 25.1 Å². The van der Waals surface area contributed by atoms with E-state index in [1.165, 1.54) is 12.1 Å². The highest BCUT2D eigenvalue weighted by Gasteiger charge is 2.35. The highest BCUT2D eigenvalue weighted by Crippen LogP contribution is 2.36. The van der Waals surface area contributed by atoms with Crippen LogP contribution >= 0.6 is 0 Å². The van der Waals surface area contributed by atoms with Gasteiger partial charge in [-0.3, -0.25) is 5.84 Å². The minimum Gasteiger partial charge on any atom is -0.271 e. The molecule has 0 aliphatic rings. The van der Waals surface area contributed by atoms with Crippen LogP contribution in [0.4, 0.5) is 13.2 Å². The van der Waals surface area contributed by atoms with E-state index in [1.54, 1.807) is 12.1 Å². The molecular weight excluding hydrogens is 277 g/mol. The van der Waals surface area contributed by atoms with Gasteiger partial charge in [0, 0.05) is 0 Å². The molecule has 2 aromatic rings. The summed E-state index contributed by atoms with van der Waals surface area (Å²) in [6.45, 7) is 1.99. The van der Waals surface area contributed by atoms with Gasteiger partial charge in [0.1, 0.15) is 0 Å². The Morgan fingerprint density at radius 1 is 1.10 bits per heavy atom. The monoisotopic (exact) mass is 294 g/mol. The predicted molar refractivity (Wildman–Crippen MR) is 76.4 cm³/mol. The largest absolute Gasteiger partial charge is 0.416 e. The Kier molecular flexibility index (Phi) is 4.65. The fraction of sp³-hybridized carbons (Fsp3) is 0.250. The number of hydrogen-bond donors (Lipinski definition) is 2. The molecule has 0 saturated carbocycles. The highest BCUT2D eigenvalue weighted by atomic mass is 19.4. The van der Waals surface area contributed by atoms with Crippen molar-refractivity contribution in [2.24, 2.45) is 5.84 Å². The third-order valence-electron chi connectivity index (χ3n) is 3.44. The van der Waals surface area contributed by atoms with Crippen molar-refractivity contribution in [3.05, 3.63) is 70.8 Å². The summed E-state index contributed by atoms with van der Waals surface area (Å²) in [5.74, 6) is 5.52. The van der Waals surface area contributed by atoms with E-state index in [4.69, 9.17) is 5.84 Å². The summed E-state index contributed by atoms with van der Waals surface area (Å²) in [5, 5.41) is 0. The molecule has 0 spiro atoms. The van der Waals surface area contributed by atoms with Crippen molar-refractivity contribution >= 4 is 0 Å². The van der Waals surface area contributed by atoms with Gasteiger partial charge in [-0.25, -0.2) is 5.43 Å². The first-order valence-corrected chi connectivity index (χ1v) is 6.68. The molecule has 0 radical (unpaired) electrons. The summed E-state index contributed by atoms with van der Waals surface area (Å²) in [5.41, 5.74) is 3.72. The molecule has 0 aliphatic heterocycles. The first-order chi connectivity index (χ1) is 9.97. The second-order valence-corrected chi connectivity index (χ2v) is 4.78. The Balaban J connectivity index is 2.51. The number of alkyl halides is 3. The van der Waals surface area contributed by atoms with E-state index in [0.717, 1.165) is 18.1 Å². The first kappa shape index (κ1) is 15.5. The molecule has 0 aromatic heterocycles. The van der Waals surface area contributed by atoms with E-state index in [0.29, 0.717) is 5.56 Å². The Morgan fingerprint density at radius 3 is 2.43 bits per heavy atom. The number of hydrogen-bond acceptors (Lipinski definition) is 2. The quantitative estimate of drug-likeness (QED) is 0.664. The van der Waals surface area contributed by atoms with Gasteiger partial charge in [0.2, 0.25) is 0 Å². The molecule has 1 unspecified atom stereocenters. The van der Waals surface area contributed by atoms with E-state index in [-0.39, 0.29) is 5.56 Å². The molecule has 0 saturated heterocycles. The third kappa shape index (κ3) is 3.43. The molecule has 2 nitrogen and oxygen atoms in total. The molecule has 3 N–H and O–H groups in total. The van der Waals surface area contributed by atoms with E-state index in [9.17, 15) is 13.2 Å². The lowest BCUT2D eigenvalue weighted by Gasteiger charge is -2.22. The van der Waals surface area contributed by atoms with Gasteiger partial charge in [0.15, 0.2) is 0 Å².